The van der Waals surface area contributed by atoms with Gasteiger partial charge in [-0.05, 0) is 31.9 Å². The van der Waals surface area contributed by atoms with Crippen molar-refractivity contribution in [2.24, 2.45) is 5.41 Å². The maximum Gasteiger partial charge on any atom is 0.276 e. The van der Waals surface area contributed by atoms with Crippen LogP contribution in [0, 0.1) is 29.4 Å². The lowest BCUT2D eigenvalue weighted by Gasteiger charge is -2.48. The van der Waals surface area contributed by atoms with E-state index >= 15 is 0 Å². The van der Waals surface area contributed by atoms with E-state index in [1.165, 1.54) is 0 Å². The van der Waals surface area contributed by atoms with Crippen LogP contribution in [-0.4, -0.2) is 15.9 Å². The first-order chi connectivity index (χ1) is 8.73. The van der Waals surface area contributed by atoms with Gasteiger partial charge >= 0.3 is 0 Å². The zero-order valence-corrected chi connectivity index (χ0v) is 13.2. The third-order valence-electron chi connectivity index (χ3n) is 4.02. The molecule has 0 radical (unpaired) electrons. The zero-order chi connectivity index (χ0) is 14.4. The van der Waals surface area contributed by atoms with Gasteiger partial charge in [-0.25, -0.2) is 0 Å². The molecule has 1 saturated carbocycles. The van der Waals surface area contributed by atoms with Gasteiger partial charge in [-0.3, -0.25) is 10.1 Å². The Hall–Kier alpha value is -1.10. The molecule has 19 heavy (non-hydrogen) atoms. The minimum atomic E-state index is -0.360. The van der Waals surface area contributed by atoms with Crippen LogP contribution in [0.4, 0.5) is 5.69 Å². The molecule has 2 atom stereocenters. The van der Waals surface area contributed by atoms with E-state index in [2.05, 4.69) is 29.8 Å². The number of alkyl halides is 1. The first-order valence-corrected chi connectivity index (χ1v) is 7.21. The van der Waals surface area contributed by atoms with Gasteiger partial charge in [0.25, 0.3) is 5.69 Å². The summed E-state index contributed by atoms with van der Waals surface area (Å²) in [5, 5.41) is 11.0. The molecule has 1 aliphatic carbocycles. The van der Waals surface area contributed by atoms with E-state index in [-0.39, 0.29) is 22.1 Å². The minimum absolute atomic E-state index is 0.0477. The van der Waals surface area contributed by atoms with Crippen molar-refractivity contribution in [1.29, 1.82) is 0 Å². The Morgan fingerprint density at radius 2 is 2.00 bits per heavy atom. The molecule has 4 nitrogen and oxygen atoms in total. The van der Waals surface area contributed by atoms with Crippen LogP contribution < -0.4 is 4.74 Å². The molecule has 0 heterocycles. The molecule has 2 rings (SSSR count). The Bertz CT molecular complexity index is 528. The van der Waals surface area contributed by atoms with Crippen molar-refractivity contribution in [3.63, 3.8) is 0 Å². The lowest BCUT2D eigenvalue weighted by Crippen LogP contribution is -2.53. The van der Waals surface area contributed by atoms with E-state index in [9.17, 15) is 10.1 Å². The molecule has 0 amide bonds. The second-order valence-corrected chi connectivity index (χ2v) is 6.90. The molecule has 1 aliphatic rings. The number of hydrogen-bond acceptors (Lipinski definition) is 3. The van der Waals surface area contributed by atoms with Crippen LogP contribution in [-0.2, 0) is 0 Å². The molecular weight excluding hydrogens is 310 g/mol. The first kappa shape index (κ1) is 14.3. The Morgan fingerprint density at radius 3 is 2.47 bits per heavy atom. The van der Waals surface area contributed by atoms with Crippen molar-refractivity contribution in [2.45, 2.75) is 45.0 Å². The summed E-state index contributed by atoms with van der Waals surface area (Å²) in [6, 6.07) is 3.35. The van der Waals surface area contributed by atoms with Gasteiger partial charge in [0.15, 0.2) is 0 Å². The number of nitro groups is 1. The molecule has 1 aromatic carbocycles. The zero-order valence-electron chi connectivity index (χ0n) is 11.6. The maximum absolute atomic E-state index is 11.0. The number of ether oxygens (including phenoxy) is 1. The third kappa shape index (κ3) is 2.48. The van der Waals surface area contributed by atoms with Crippen molar-refractivity contribution in [3.8, 4) is 5.75 Å². The van der Waals surface area contributed by atoms with E-state index in [0.717, 1.165) is 12.0 Å². The van der Waals surface area contributed by atoms with Gasteiger partial charge in [0.05, 0.1) is 11.0 Å². The van der Waals surface area contributed by atoms with Gasteiger partial charge in [-0.15, -0.1) is 0 Å². The first-order valence-electron chi connectivity index (χ1n) is 6.30. The van der Waals surface area contributed by atoms with E-state index < -0.39 is 0 Å². The molecule has 0 N–H and O–H groups in total. The number of nitrogens with zero attached hydrogens (tertiary/aromatic N) is 1. The normalized spacial score (nSPS) is 24.7. The predicted octanol–water partition coefficient (Wildman–Crippen LogP) is 4.15. The number of rotatable bonds is 3. The maximum atomic E-state index is 11.0. The lowest BCUT2D eigenvalue weighted by atomic mass is 9.69. The fourth-order valence-electron chi connectivity index (χ4n) is 2.34. The molecular formula is C14H18BrNO3. The molecule has 5 heteroatoms. The Morgan fingerprint density at radius 1 is 1.37 bits per heavy atom. The average Bonchev–Trinajstić information content (AvgIpc) is 2.31. The van der Waals surface area contributed by atoms with Crippen molar-refractivity contribution < 1.29 is 9.66 Å². The van der Waals surface area contributed by atoms with Crippen molar-refractivity contribution in [1.82, 2.24) is 0 Å². The van der Waals surface area contributed by atoms with E-state index in [1.54, 1.807) is 13.0 Å². The van der Waals surface area contributed by atoms with Crippen LogP contribution in [0.15, 0.2) is 12.1 Å². The molecule has 0 aliphatic heterocycles. The molecule has 0 bridgehead atoms. The van der Waals surface area contributed by atoms with Crippen LogP contribution in [0.5, 0.6) is 5.75 Å². The topological polar surface area (TPSA) is 52.4 Å². The summed E-state index contributed by atoms with van der Waals surface area (Å²) < 4.78 is 5.98. The van der Waals surface area contributed by atoms with E-state index in [4.69, 9.17) is 4.74 Å². The summed E-state index contributed by atoms with van der Waals surface area (Å²) in [5.41, 5.74) is 1.78. The summed E-state index contributed by atoms with van der Waals surface area (Å²) in [7, 11) is 0. The fourth-order valence-corrected chi connectivity index (χ4v) is 2.97. The second kappa shape index (κ2) is 4.78. The van der Waals surface area contributed by atoms with Crippen molar-refractivity contribution in [2.75, 3.05) is 0 Å². The minimum Gasteiger partial charge on any atom is -0.489 e. The molecule has 0 saturated heterocycles. The highest BCUT2D eigenvalue weighted by atomic mass is 79.9. The number of nitro benzene ring substituents is 1. The van der Waals surface area contributed by atoms with Gasteiger partial charge in [0, 0.05) is 15.8 Å². The highest BCUT2D eigenvalue weighted by Gasteiger charge is 2.48. The number of hydrogen-bond donors (Lipinski definition) is 0. The van der Waals surface area contributed by atoms with Gasteiger partial charge in [0.1, 0.15) is 11.9 Å². The van der Waals surface area contributed by atoms with E-state index in [1.807, 2.05) is 13.0 Å². The Kier molecular flexibility index (Phi) is 3.60. The summed E-state index contributed by atoms with van der Waals surface area (Å²) in [4.78, 5) is 11.1. The SMILES string of the molecule is Cc1cc(C)c([N+](=O)[O-])cc1OC1CC(Br)C1(C)C. The summed E-state index contributed by atoms with van der Waals surface area (Å²) in [6.07, 6.45) is 1.02. The predicted molar refractivity (Wildman–Crippen MR) is 78.1 cm³/mol. The molecule has 0 aromatic heterocycles. The second-order valence-electron chi connectivity index (χ2n) is 5.79. The number of aryl methyl sites for hydroxylation is 2. The highest BCUT2D eigenvalue weighted by molar-refractivity contribution is 9.09. The van der Waals surface area contributed by atoms with Gasteiger partial charge < -0.3 is 4.74 Å². The van der Waals surface area contributed by atoms with Crippen molar-refractivity contribution >= 4 is 21.6 Å². The molecule has 1 fully saturated rings. The smallest absolute Gasteiger partial charge is 0.276 e. The Balaban J connectivity index is 2.26. The molecule has 2 unspecified atom stereocenters. The molecule has 1 aromatic rings. The van der Waals surface area contributed by atoms with Crippen LogP contribution in [0.1, 0.15) is 31.4 Å². The highest BCUT2D eigenvalue weighted by Crippen LogP contribution is 2.48. The summed E-state index contributed by atoms with van der Waals surface area (Å²) in [6.45, 7) is 7.94. The third-order valence-corrected chi connectivity index (χ3v) is 5.57. The molecule has 0 spiro atoms. The molecule has 104 valence electrons. The average molecular weight is 328 g/mol. The van der Waals surface area contributed by atoms with Crippen LogP contribution in [0.25, 0.3) is 0 Å². The van der Waals surface area contributed by atoms with Gasteiger partial charge in [-0.2, -0.15) is 0 Å². The van der Waals surface area contributed by atoms with E-state index in [0.29, 0.717) is 16.1 Å². The largest absolute Gasteiger partial charge is 0.489 e. The van der Waals surface area contributed by atoms with Gasteiger partial charge in [-0.1, -0.05) is 29.8 Å². The van der Waals surface area contributed by atoms with Gasteiger partial charge in [0.2, 0.25) is 0 Å². The quantitative estimate of drug-likeness (QED) is 0.476. The monoisotopic (exact) mass is 327 g/mol. The summed E-state index contributed by atoms with van der Waals surface area (Å²) in [5.74, 6) is 0.620. The number of halogens is 1. The van der Waals surface area contributed by atoms with Crippen LogP contribution in [0.2, 0.25) is 0 Å². The lowest BCUT2D eigenvalue weighted by molar-refractivity contribution is -0.385. The summed E-state index contributed by atoms with van der Waals surface area (Å²) >= 11 is 3.62. The fraction of sp³-hybridized carbons (Fsp3) is 0.571. The van der Waals surface area contributed by atoms with Crippen LogP contribution >= 0.6 is 15.9 Å². The number of benzene rings is 1. The van der Waals surface area contributed by atoms with Crippen molar-refractivity contribution in [3.05, 3.63) is 33.4 Å². The Labute approximate surface area is 121 Å². The van der Waals surface area contributed by atoms with Crippen LogP contribution in [0.3, 0.4) is 0 Å². The standard InChI is InChI=1S/C14H18BrNO3/c1-8-5-9(2)11(6-10(8)16(17)18)19-13-7-12(15)14(13,3)4/h5-6,12-13H,7H2,1-4H3.